The van der Waals surface area contributed by atoms with E-state index >= 15 is 0 Å². The number of hydrogen-bond donors (Lipinski definition) is 2. The van der Waals surface area contributed by atoms with Gasteiger partial charge in [0.15, 0.2) is 5.82 Å². The van der Waals surface area contributed by atoms with Gasteiger partial charge < -0.3 is 19.9 Å². The first kappa shape index (κ1) is 29.5. The third kappa shape index (κ3) is 5.90. The van der Waals surface area contributed by atoms with Crippen LogP contribution in [0.25, 0.3) is 22.2 Å². The number of alkyl carbamates (subject to hydrolysis) is 1. The lowest BCUT2D eigenvalue weighted by molar-refractivity contribution is -0.133. The number of benzene rings is 4. The number of nitrogens with one attached hydrogen (secondary N) is 2. The van der Waals surface area contributed by atoms with Crippen LogP contribution in [0.1, 0.15) is 58.9 Å². The summed E-state index contributed by atoms with van der Waals surface area (Å²) in [5, 5.41) is 2.89. The van der Waals surface area contributed by atoms with Crippen molar-refractivity contribution >= 4 is 28.8 Å². The minimum atomic E-state index is -0.830. The van der Waals surface area contributed by atoms with Crippen molar-refractivity contribution in [1.29, 1.82) is 0 Å². The number of hydrogen-bond acceptors (Lipinski definition) is 5. The van der Waals surface area contributed by atoms with Crippen LogP contribution in [0.5, 0.6) is 0 Å². The zero-order valence-corrected chi connectivity index (χ0v) is 25.5. The van der Waals surface area contributed by atoms with Crippen LogP contribution in [0.15, 0.2) is 103 Å². The molecule has 0 saturated carbocycles. The summed E-state index contributed by atoms with van der Waals surface area (Å²) in [6.07, 6.45) is 2.46. The van der Waals surface area contributed by atoms with E-state index in [4.69, 9.17) is 4.74 Å². The number of imidazole rings is 1. The topological polar surface area (TPSA) is 104 Å². The quantitative estimate of drug-likeness (QED) is 0.172. The fraction of sp³-hybridized carbons (Fsp3) is 0.263. The van der Waals surface area contributed by atoms with Gasteiger partial charge in [-0.05, 0) is 72.1 Å². The summed E-state index contributed by atoms with van der Waals surface area (Å²) in [6, 6.07) is 32.4. The number of nitrogens with zero attached hydrogens (tertiary/aromatic N) is 2. The van der Waals surface area contributed by atoms with Crippen LogP contribution in [-0.4, -0.2) is 57.9 Å². The van der Waals surface area contributed by atoms with E-state index in [9.17, 15) is 14.4 Å². The van der Waals surface area contributed by atoms with Crippen LogP contribution in [0.2, 0.25) is 0 Å². The molecule has 2 amide bonds. The summed E-state index contributed by atoms with van der Waals surface area (Å²) in [5.74, 6) is -0.328. The van der Waals surface area contributed by atoms with Gasteiger partial charge in [0.05, 0.1) is 17.1 Å². The number of carbonyl (C=O) groups excluding carboxylic acids is 3. The van der Waals surface area contributed by atoms with Crippen molar-refractivity contribution in [3.8, 4) is 11.1 Å². The van der Waals surface area contributed by atoms with Crippen molar-refractivity contribution in [3.05, 3.63) is 126 Å². The summed E-state index contributed by atoms with van der Waals surface area (Å²) in [5.41, 5.74) is 7.18. The Hall–Kier alpha value is -5.24. The summed E-state index contributed by atoms with van der Waals surface area (Å²) in [4.78, 5) is 50.3. The van der Waals surface area contributed by atoms with E-state index in [1.807, 2.05) is 66.7 Å². The molecule has 1 fully saturated rings. The molecule has 0 bridgehead atoms. The number of aromatic nitrogens is 2. The Balaban J connectivity index is 1.06. The smallest absolute Gasteiger partial charge is 0.407 e. The number of fused-ring (bicyclic) bond motifs is 4. The molecule has 2 heterocycles. The second kappa shape index (κ2) is 13.0. The molecule has 7 rings (SSSR count). The van der Waals surface area contributed by atoms with Crippen LogP contribution < -0.4 is 5.32 Å². The zero-order valence-electron chi connectivity index (χ0n) is 25.5. The Kier molecular flexibility index (Phi) is 8.33. The van der Waals surface area contributed by atoms with Crippen molar-refractivity contribution < 1.29 is 19.1 Å². The third-order valence-electron chi connectivity index (χ3n) is 9.20. The zero-order chi connectivity index (χ0) is 31.5. The molecule has 8 heteroatoms. The van der Waals surface area contributed by atoms with Gasteiger partial charge in [0.1, 0.15) is 12.6 Å². The van der Waals surface area contributed by atoms with Gasteiger partial charge >= 0.3 is 6.09 Å². The molecule has 1 aliphatic heterocycles. The molecule has 0 radical (unpaired) electrons. The Bertz CT molecular complexity index is 1810. The summed E-state index contributed by atoms with van der Waals surface area (Å²) < 4.78 is 5.82. The molecule has 0 unspecified atom stereocenters. The van der Waals surface area contributed by atoms with Crippen molar-refractivity contribution in [2.24, 2.45) is 0 Å². The monoisotopic (exact) mass is 612 g/mol. The molecule has 1 saturated heterocycles. The van der Waals surface area contributed by atoms with Gasteiger partial charge in [-0.2, -0.15) is 0 Å². The molecule has 2 N–H and O–H groups in total. The molecule has 8 nitrogen and oxygen atoms in total. The molecule has 1 aliphatic carbocycles. The Morgan fingerprint density at radius 3 is 2.28 bits per heavy atom. The molecule has 0 spiro atoms. The predicted molar refractivity (Wildman–Crippen MR) is 177 cm³/mol. The lowest BCUT2D eigenvalue weighted by Crippen LogP contribution is -2.52. The van der Waals surface area contributed by atoms with Gasteiger partial charge in [0, 0.05) is 12.5 Å². The molecule has 232 valence electrons. The Labute approximate surface area is 267 Å². The average Bonchev–Trinajstić information content (AvgIpc) is 3.83. The fourth-order valence-corrected chi connectivity index (χ4v) is 6.93. The highest BCUT2D eigenvalue weighted by Crippen LogP contribution is 2.44. The van der Waals surface area contributed by atoms with E-state index in [0.717, 1.165) is 39.8 Å². The van der Waals surface area contributed by atoms with E-state index < -0.39 is 18.2 Å². The minimum Gasteiger partial charge on any atom is -0.449 e. The number of H-pyrrole nitrogens is 1. The van der Waals surface area contributed by atoms with Gasteiger partial charge in [-0.3, -0.25) is 9.59 Å². The number of rotatable bonds is 10. The number of aromatic amines is 1. The molecule has 1 aromatic heterocycles. The van der Waals surface area contributed by atoms with Gasteiger partial charge in [-0.15, -0.1) is 0 Å². The first-order valence-corrected chi connectivity index (χ1v) is 16.0. The standard InChI is InChI=1S/C38H36N4O4/c43-35(36-39-31-19-8-9-20-32(31)40-36)34-22-11-23-42(34)37(44)33(21-10-14-25-12-2-1-3-13-25)41-38(45)46-24-30-28-17-6-4-15-26(28)27-16-5-7-18-29(27)30/h1-9,12-13,15-20,30,33-34H,10-11,14,21-24H2,(H,39,40)(H,41,45)/t33-,34-/m0/s1. The summed E-state index contributed by atoms with van der Waals surface area (Å²) >= 11 is 0. The average molecular weight is 613 g/mol. The Morgan fingerprint density at radius 1 is 0.870 bits per heavy atom. The number of likely N-dealkylation sites (tertiary alicyclic amines) is 1. The first-order chi connectivity index (χ1) is 22.6. The van der Waals surface area contributed by atoms with Crippen LogP contribution >= 0.6 is 0 Å². The highest BCUT2D eigenvalue weighted by atomic mass is 16.5. The van der Waals surface area contributed by atoms with Crippen LogP contribution in [0.4, 0.5) is 4.79 Å². The molecular formula is C38H36N4O4. The molecule has 5 aromatic rings. The Morgan fingerprint density at radius 2 is 1.54 bits per heavy atom. The largest absolute Gasteiger partial charge is 0.449 e. The number of ether oxygens (including phenoxy) is 1. The normalized spacial score (nSPS) is 16.2. The van der Waals surface area contributed by atoms with Gasteiger partial charge in [0.25, 0.3) is 0 Å². The molecule has 4 aromatic carbocycles. The maximum absolute atomic E-state index is 14.1. The minimum absolute atomic E-state index is 0.0882. The van der Waals surface area contributed by atoms with Gasteiger partial charge in [-0.25, -0.2) is 9.78 Å². The van der Waals surface area contributed by atoms with E-state index in [0.29, 0.717) is 37.7 Å². The van der Waals surface area contributed by atoms with E-state index in [2.05, 4.69) is 51.7 Å². The molecular weight excluding hydrogens is 576 g/mol. The number of Topliss-reactive ketones (excluding diaryl/α,β-unsaturated/α-hetero) is 1. The van der Waals surface area contributed by atoms with Gasteiger partial charge in [-0.1, -0.05) is 91.0 Å². The predicted octanol–water partition coefficient (Wildman–Crippen LogP) is 6.67. The van der Waals surface area contributed by atoms with E-state index in [1.54, 1.807) is 4.90 Å². The first-order valence-electron chi connectivity index (χ1n) is 16.0. The highest BCUT2D eigenvalue weighted by molar-refractivity contribution is 6.02. The highest BCUT2D eigenvalue weighted by Gasteiger charge is 2.39. The van der Waals surface area contributed by atoms with Crippen molar-refractivity contribution in [2.75, 3.05) is 13.2 Å². The van der Waals surface area contributed by atoms with E-state index in [-0.39, 0.29) is 30.0 Å². The molecule has 2 atom stereocenters. The second-order valence-electron chi connectivity index (χ2n) is 12.1. The summed E-state index contributed by atoms with van der Waals surface area (Å²) in [6.45, 7) is 0.596. The SMILES string of the molecule is O=C(N[C@@H](CCCc1ccccc1)C(=O)N1CCC[C@H]1C(=O)c1nc2ccccc2[nH]1)OCC1c2ccccc2-c2ccccc21. The maximum Gasteiger partial charge on any atom is 0.407 e. The van der Waals surface area contributed by atoms with Crippen molar-refractivity contribution in [3.63, 3.8) is 0 Å². The van der Waals surface area contributed by atoms with Crippen LogP contribution in [0.3, 0.4) is 0 Å². The number of amides is 2. The summed E-state index contributed by atoms with van der Waals surface area (Å²) in [7, 11) is 0. The number of para-hydroxylation sites is 2. The number of carbonyl (C=O) groups is 3. The molecule has 2 aliphatic rings. The van der Waals surface area contributed by atoms with Crippen molar-refractivity contribution in [1.82, 2.24) is 20.2 Å². The third-order valence-corrected chi connectivity index (χ3v) is 9.20. The maximum atomic E-state index is 14.1. The number of aryl methyl sites for hydroxylation is 1. The van der Waals surface area contributed by atoms with Crippen LogP contribution in [0, 0.1) is 0 Å². The number of ketones is 1. The lowest BCUT2D eigenvalue weighted by atomic mass is 9.98. The lowest BCUT2D eigenvalue weighted by Gasteiger charge is -2.28. The molecule has 46 heavy (non-hydrogen) atoms. The van der Waals surface area contributed by atoms with Crippen LogP contribution in [-0.2, 0) is 16.0 Å². The fourth-order valence-electron chi connectivity index (χ4n) is 6.93. The second-order valence-corrected chi connectivity index (χ2v) is 12.1. The van der Waals surface area contributed by atoms with Crippen molar-refractivity contribution in [2.45, 2.75) is 50.1 Å². The van der Waals surface area contributed by atoms with Gasteiger partial charge in [0.2, 0.25) is 11.7 Å². The van der Waals surface area contributed by atoms with E-state index in [1.165, 1.54) is 0 Å².